The van der Waals surface area contributed by atoms with Crippen LogP contribution in [0, 0.1) is 0 Å². The van der Waals surface area contributed by atoms with Crippen molar-refractivity contribution in [2.24, 2.45) is 7.05 Å². The fourth-order valence-corrected chi connectivity index (χ4v) is 4.33. The van der Waals surface area contributed by atoms with Crippen molar-refractivity contribution < 1.29 is 0 Å². The van der Waals surface area contributed by atoms with Crippen LogP contribution in [0.3, 0.4) is 0 Å². The second kappa shape index (κ2) is 5.56. The number of aromatic nitrogens is 4. The van der Waals surface area contributed by atoms with Gasteiger partial charge in [0.1, 0.15) is 0 Å². The van der Waals surface area contributed by atoms with Crippen molar-refractivity contribution in [3.05, 3.63) is 55.2 Å². The second-order valence-corrected chi connectivity index (χ2v) is 7.35. The smallest absolute Gasteiger partial charge is 0.282 e. The Labute approximate surface area is 149 Å². The van der Waals surface area contributed by atoms with Gasteiger partial charge in [-0.25, -0.2) is 9.97 Å². The summed E-state index contributed by atoms with van der Waals surface area (Å²) in [5.41, 5.74) is 3.53. The number of rotatable bonds is 1. The van der Waals surface area contributed by atoms with Gasteiger partial charge in [0, 0.05) is 11.5 Å². The molecular weight excluding hydrogens is 424 g/mol. The lowest BCUT2D eigenvalue weighted by Crippen LogP contribution is -2.21. The standard InChI is InChI=1S/C16H14Br2N4O/c1-21-15(23)13-14(20-16(21)18)22(8-19-13)11-7-3-5-9-4-2-6-10(17)12(9)11/h2,4,6,8,11H,3,5,7H2,1H3. The van der Waals surface area contributed by atoms with Gasteiger partial charge >= 0.3 is 0 Å². The zero-order valence-electron chi connectivity index (χ0n) is 12.5. The number of imidazole rings is 1. The quantitative estimate of drug-likeness (QED) is 0.546. The van der Waals surface area contributed by atoms with Gasteiger partial charge in [-0.2, -0.15) is 0 Å². The summed E-state index contributed by atoms with van der Waals surface area (Å²) in [5, 5.41) is 0. The van der Waals surface area contributed by atoms with Gasteiger partial charge in [0.25, 0.3) is 5.56 Å². The van der Waals surface area contributed by atoms with Gasteiger partial charge in [0.05, 0.1) is 12.4 Å². The van der Waals surface area contributed by atoms with E-state index in [0.717, 1.165) is 23.7 Å². The lowest BCUT2D eigenvalue weighted by atomic mass is 9.87. The summed E-state index contributed by atoms with van der Waals surface area (Å²) in [6.07, 6.45) is 4.94. The lowest BCUT2D eigenvalue weighted by molar-refractivity contribution is 0.495. The van der Waals surface area contributed by atoms with Crippen LogP contribution >= 0.6 is 31.9 Å². The van der Waals surface area contributed by atoms with Crippen LogP contribution in [0.5, 0.6) is 0 Å². The van der Waals surface area contributed by atoms with E-state index >= 15 is 0 Å². The molecule has 1 unspecified atom stereocenters. The van der Waals surface area contributed by atoms with Gasteiger partial charge in [-0.3, -0.25) is 9.36 Å². The normalized spacial score (nSPS) is 17.4. The molecule has 0 aliphatic heterocycles. The molecule has 3 aromatic rings. The van der Waals surface area contributed by atoms with Crippen LogP contribution in [0.1, 0.15) is 30.0 Å². The summed E-state index contributed by atoms with van der Waals surface area (Å²) < 4.78 is 5.11. The van der Waals surface area contributed by atoms with E-state index in [4.69, 9.17) is 0 Å². The highest BCUT2D eigenvalue weighted by Gasteiger charge is 2.26. The molecule has 118 valence electrons. The first kappa shape index (κ1) is 15.1. The topological polar surface area (TPSA) is 52.7 Å². The Morgan fingerprint density at radius 1 is 1.30 bits per heavy atom. The maximum absolute atomic E-state index is 12.4. The molecule has 0 amide bonds. The molecule has 4 rings (SSSR count). The third-order valence-electron chi connectivity index (χ3n) is 4.49. The Hall–Kier alpha value is -1.47. The van der Waals surface area contributed by atoms with E-state index < -0.39 is 0 Å². The van der Waals surface area contributed by atoms with Crippen molar-refractivity contribution in [3.63, 3.8) is 0 Å². The van der Waals surface area contributed by atoms with Crippen LogP contribution in [0.15, 0.2) is 38.5 Å². The molecular formula is C16H14Br2N4O. The number of aryl methyl sites for hydroxylation is 1. The average molecular weight is 438 g/mol. The number of nitrogens with zero attached hydrogens (tertiary/aromatic N) is 4. The molecule has 1 atom stereocenters. The highest BCUT2D eigenvalue weighted by molar-refractivity contribution is 9.10. The van der Waals surface area contributed by atoms with Crippen LogP contribution in [-0.2, 0) is 13.5 Å². The van der Waals surface area contributed by atoms with Gasteiger partial charge < -0.3 is 4.57 Å². The summed E-state index contributed by atoms with van der Waals surface area (Å²) in [4.78, 5) is 21.2. The van der Waals surface area contributed by atoms with Gasteiger partial charge in [-0.05, 0) is 52.4 Å². The molecule has 0 radical (unpaired) electrons. The van der Waals surface area contributed by atoms with E-state index in [-0.39, 0.29) is 11.6 Å². The molecule has 1 aromatic carbocycles. The molecule has 0 fully saturated rings. The Bertz CT molecular complexity index is 976. The van der Waals surface area contributed by atoms with Crippen LogP contribution < -0.4 is 5.56 Å². The highest BCUT2D eigenvalue weighted by Crippen LogP contribution is 2.38. The number of hydrogen-bond donors (Lipinski definition) is 0. The summed E-state index contributed by atoms with van der Waals surface area (Å²) in [6, 6.07) is 6.46. The van der Waals surface area contributed by atoms with Gasteiger partial charge in [-0.15, -0.1) is 0 Å². The van der Waals surface area contributed by atoms with Crippen molar-refractivity contribution in [2.75, 3.05) is 0 Å². The fraction of sp³-hybridized carbons (Fsp3) is 0.312. The van der Waals surface area contributed by atoms with E-state index in [9.17, 15) is 4.79 Å². The predicted octanol–water partition coefficient (Wildman–Crippen LogP) is 3.58. The average Bonchev–Trinajstić information content (AvgIpc) is 2.96. The maximum Gasteiger partial charge on any atom is 0.282 e. The van der Waals surface area contributed by atoms with Crippen molar-refractivity contribution >= 4 is 43.0 Å². The zero-order valence-corrected chi connectivity index (χ0v) is 15.6. The van der Waals surface area contributed by atoms with Crippen LogP contribution in [0.4, 0.5) is 0 Å². The fourth-order valence-electron chi connectivity index (χ4n) is 3.33. The van der Waals surface area contributed by atoms with Gasteiger partial charge in [-0.1, -0.05) is 28.1 Å². The molecule has 0 N–H and O–H groups in total. The number of fused-ring (bicyclic) bond motifs is 2. The van der Waals surface area contributed by atoms with Crippen LogP contribution in [0.25, 0.3) is 11.2 Å². The van der Waals surface area contributed by atoms with Gasteiger partial charge in [0.15, 0.2) is 15.9 Å². The molecule has 0 bridgehead atoms. The largest absolute Gasteiger partial charge is 0.307 e. The van der Waals surface area contributed by atoms with E-state index in [1.807, 2.05) is 4.57 Å². The summed E-state index contributed by atoms with van der Waals surface area (Å²) in [7, 11) is 1.68. The van der Waals surface area contributed by atoms with E-state index in [1.54, 1.807) is 13.4 Å². The first-order valence-electron chi connectivity index (χ1n) is 7.44. The third-order valence-corrected chi connectivity index (χ3v) is 5.89. The lowest BCUT2D eigenvalue weighted by Gasteiger charge is -2.28. The van der Waals surface area contributed by atoms with Crippen molar-refractivity contribution in [1.29, 1.82) is 0 Å². The molecule has 5 nitrogen and oxygen atoms in total. The Balaban J connectivity index is 1.97. The zero-order chi connectivity index (χ0) is 16.1. The molecule has 2 aromatic heterocycles. The molecule has 0 saturated heterocycles. The van der Waals surface area contributed by atoms with E-state index in [0.29, 0.717) is 15.9 Å². The molecule has 7 heteroatoms. The van der Waals surface area contributed by atoms with Crippen LogP contribution in [0.2, 0.25) is 0 Å². The number of halogens is 2. The van der Waals surface area contributed by atoms with Gasteiger partial charge in [0.2, 0.25) is 0 Å². The highest BCUT2D eigenvalue weighted by atomic mass is 79.9. The third kappa shape index (κ3) is 2.29. The summed E-state index contributed by atoms with van der Waals surface area (Å²) in [6.45, 7) is 0. The van der Waals surface area contributed by atoms with Crippen LogP contribution in [-0.4, -0.2) is 19.1 Å². The molecule has 1 aliphatic rings. The molecule has 1 aliphatic carbocycles. The first-order valence-corrected chi connectivity index (χ1v) is 9.03. The van der Waals surface area contributed by atoms with Crippen molar-refractivity contribution in [3.8, 4) is 0 Å². The monoisotopic (exact) mass is 436 g/mol. The number of hydrogen-bond acceptors (Lipinski definition) is 3. The SMILES string of the molecule is Cn1c(Br)nc2c(ncn2C2CCCc3cccc(Br)c32)c1=O. The van der Waals surface area contributed by atoms with Crippen molar-refractivity contribution in [1.82, 2.24) is 19.1 Å². The maximum atomic E-state index is 12.4. The number of benzene rings is 1. The Morgan fingerprint density at radius 2 is 2.13 bits per heavy atom. The minimum Gasteiger partial charge on any atom is -0.307 e. The minimum atomic E-state index is -0.135. The minimum absolute atomic E-state index is 0.135. The van der Waals surface area contributed by atoms with E-state index in [1.165, 1.54) is 15.7 Å². The van der Waals surface area contributed by atoms with Crippen molar-refractivity contribution in [2.45, 2.75) is 25.3 Å². The Morgan fingerprint density at radius 3 is 2.96 bits per heavy atom. The summed E-state index contributed by atoms with van der Waals surface area (Å²) in [5.74, 6) is 0. The van der Waals surface area contributed by atoms with E-state index in [2.05, 4.69) is 60.0 Å². The predicted molar refractivity (Wildman–Crippen MR) is 95.7 cm³/mol. The second-order valence-electron chi connectivity index (χ2n) is 5.79. The Kier molecular flexibility index (Phi) is 3.65. The molecule has 23 heavy (non-hydrogen) atoms. The summed E-state index contributed by atoms with van der Waals surface area (Å²) >= 11 is 7.04. The first-order chi connectivity index (χ1) is 11.1. The molecule has 2 heterocycles. The molecule has 0 saturated carbocycles. The molecule has 0 spiro atoms.